The van der Waals surface area contributed by atoms with Gasteiger partial charge in [-0.2, -0.15) is 0 Å². The Morgan fingerprint density at radius 3 is 2.43 bits per heavy atom. The van der Waals surface area contributed by atoms with Gasteiger partial charge < -0.3 is 10.4 Å². The Labute approximate surface area is 146 Å². The van der Waals surface area contributed by atoms with Crippen LogP contribution >= 0.6 is 31.9 Å². The molecule has 0 unspecified atom stereocenters. The number of carbonyl (C=O) groups excluding carboxylic acids is 1. The molecule has 3 rings (SSSR count). The van der Waals surface area contributed by atoms with E-state index in [1.165, 1.54) is 30.3 Å². The SMILES string of the molecule is O=C1Nc2ccc([N+](=O)[O-])cc2C1=Nc1cc(Br)c(O)c(Br)c1. The van der Waals surface area contributed by atoms with Crippen LogP contribution in [0.5, 0.6) is 5.75 Å². The second-order valence-corrected chi connectivity index (χ2v) is 6.37. The molecule has 0 saturated carbocycles. The van der Waals surface area contributed by atoms with Crippen LogP contribution in [0, 0.1) is 10.1 Å². The quantitative estimate of drug-likeness (QED) is 0.545. The van der Waals surface area contributed by atoms with Crippen LogP contribution in [0.15, 0.2) is 44.3 Å². The second kappa shape index (κ2) is 5.74. The van der Waals surface area contributed by atoms with Gasteiger partial charge in [-0.1, -0.05) is 0 Å². The predicted octanol–water partition coefficient (Wildman–Crippen LogP) is 3.90. The van der Waals surface area contributed by atoms with Gasteiger partial charge in [0.1, 0.15) is 11.5 Å². The smallest absolute Gasteiger partial charge is 0.275 e. The van der Waals surface area contributed by atoms with E-state index in [1.807, 2.05) is 0 Å². The number of rotatable bonds is 2. The molecule has 0 spiro atoms. The molecule has 0 aliphatic carbocycles. The van der Waals surface area contributed by atoms with Crippen molar-refractivity contribution < 1.29 is 14.8 Å². The molecule has 0 radical (unpaired) electrons. The van der Waals surface area contributed by atoms with Crippen molar-refractivity contribution in [1.29, 1.82) is 0 Å². The summed E-state index contributed by atoms with van der Waals surface area (Å²) in [6.07, 6.45) is 0. The minimum Gasteiger partial charge on any atom is -0.506 e. The highest BCUT2D eigenvalue weighted by Crippen LogP contribution is 2.37. The number of aliphatic imine (C=N–C) groups is 1. The zero-order chi connectivity index (χ0) is 16.7. The lowest BCUT2D eigenvalue weighted by Gasteiger charge is -2.03. The number of nitrogens with zero attached hydrogens (tertiary/aromatic N) is 2. The number of aromatic hydroxyl groups is 1. The van der Waals surface area contributed by atoms with Crippen LogP contribution in [0.25, 0.3) is 0 Å². The zero-order valence-corrected chi connectivity index (χ0v) is 14.4. The maximum atomic E-state index is 12.1. The minimum atomic E-state index is -0.533. The molecule has 1 amide bonds. The number of halogens is 2. The number of phenolic OH excluding ortho intramolecular Hbond substituents is 1. The summed E-state index contributed by atoms with van der Waals surface area (Å²) in [6.45, 7) is 0. The molecule has 116 valence electrons. The average molecular weight is 441 g/mol. The number of non-ortho nitro benzene ring substituents is 1. The molecule has 0 fully saturated rings. The molecule has 23 heavy (non-hydrogen) atoms. The molecule has 1 heterocycles. The molecule has 0 atom stereocenters. The number of benzene rings is 2. The van der Waals surface area contributed by atoms with Gasteiger partial charge in [0.15, 0.2) is 0 Å². The topological polar surface area (TPSA) is 105 Å². The van der Waals surface area contributed by atoms with E-state index in [9.17, 15) is 20.0 Å². The van der Waals surface area contributed by atoms with Gasteiger partial charge in [-0.15, -0.1) is 0 Å². The molecule has 2 N–H and O–H groups in total. The van der Waals surface area contributed by atoms with Crippen molar-refractivity contribution in [1.82, 2.24) is 0 Å². The van der Waals surface area contributed by atoms with Crippen LogP contribution in [0.3, 0.4) is 0 Å². The van der Waals surface area contributed by atoms with E-state index in [4.69, 9.17) is 0 Å². The normalized spacial score (nSPS) is 14.7. The van der Waals surface area contributed by atoms with Crippen LogP contribution in [-0.2, 0) is 4.79 Å². The molecule has 2 aromatic carbocycles. The molecule has 0 saturated heterocycles. The van der Waals surface area contributed by atoms with Gasteiger partial charge in [0.2, 0.25) is 0 Å². The largest absolute Gasteiger partial charge is 0.506 e. The van der Waals surface area contributed by atoms with Gasteiger partial charge in [-0.25, -0.2) is 4.99 Å². The molecule has 7 nitrogen and oxygen atoms in total. The molecule has 0 bridgehead atoms. The Kier molecular flexibility index (Phi) is 3.90. The maximum Gasteiger partial charge on any atom is 0.275 e. The summed E-state index contributed by atoms with van der Waals surface area (Å²) in [6, 6.07) is 7.16. The van der Waals surface area contributed by atoms with E-state index in [1.54, 1.807) is 0 Å². The van der Waals surface area contributed by atoms with Crippen molar-refractivity contribution in [2.75, 3.05) is 5.32 Å². The highest BCUT2D eigenvalue weighted by Gasteiger charge is 2.28. The zero-order valence-electron chi connectivity index (χ0n) is 11.2. The number of fused-ring (bicyclic) bond motifs is 1. The maximum absolute atomic E-state index is 12.1. The lowest BCUT2D eigenvalue weighted by Crippen LogP contribution is -2.13. The third-order valence-electron chi connectivity index (χ3n) is 3.17. The first-order chi connectivity index (χ1) is 10.9. The fraction of sp³-hybridized carbons (Fsp3) is 0. The van der Waals surface area contributed by atoms with Crippen molar-refractivity contribution >= 4 is 60.5 Å². The van der Waals surface area contributed by atoms with Gasteiger partial charge in [0.25, 0.3) is 11.6 Å². The number of carbonyl (C=O) groups is 1. The first kappa shape index (κ1) is 15.6. The van der Waals surface area contributed by atoms with Gasteiger partial charge >= 0.3 is 0 Å². The van der Waals surface area contributed by atoms with Crippen LogP contribution in [0.2, 0.25) is 0 Å². The summed E-state index contributed by atoms with van der Waals surface area (Å²) in [5.74, 6) is -0.429. The van der Waals surface area contributed by atoms with Gasteiger partial charge in [-0.3, -0.25) is 14.9 Å². The van der Waals surface area contributed by atoms with Crippen molar-refractivity contribution in [3.8, 4) is 5.75 Å². The Morgan fingerprint density at radius 2 is 1.83 bits per heavy atom. The Bertz CT molecular complexity index is 873. The molecular weight excluding hydrogens is 434 g/mol. The van der Waals surface area contributed by atoms with Crippen LogP contribution in [0.1, 0.15) is 5.56 Å². The summed E-state index contributed by atoms with van der Waals surface area (Å²) in [5.41, 5.74) is 1.20. The number of amides is 1. The third-order valence-corrected chi connectivity index (χ3v) is 4.38. The summed E-state index contributed by atoms with van der Waals surface area (Å²) >= 11 is 6.37. The van der Waals surface area contributed by atoms with Gasteiger partial charge in [0.05, 0.1) is 25.2 Å². The van der Waals surface area contributed by atoms with Crippen molar-refractivity contribution in [3.63, 3.8) is 0 Å². The number of nitro groups is 1. The first-order valence-corrected chi connectivity index (χ1v) is 7.82. The number of nitro benzene ring substituents is 1. The van der Waals surface area contributed by atoms with Crippen molar-refractivity contribution in [2.24, 2.45) is 4.99 Å². The summed E-state index contributed by atoms with van der Waals surface area (Å²) < 4.78 is 0.813. The number of anilines is 1. The standard InChI is InChI=1S/C14H7Br2N3O4/c15-9-3-6(4-10(16)13(9)20)17-12-8-5-7(19(22)23)1-2-11(8)18-14(12)21/h1-5,20H,(H,17,18,21). The summed E-state index contributed by atoms with van der Waals surface area (Å²) in [7, 11) is 0. The summed E-state index contributed by atoms with van der Waals surface area (Å²) in [5, 5.41) is 23.2. The number of hydrogen-bond donors (Lipinski definition) is 2. The van der Waals surface area contributed by atoms with Crippen molar-refractivity contribution in [3.05, 3.63) is 55.0 Å². The van der Waals surface area contributed by atoms with E-state index < -0.39 is 10.8 Å². The van der Waals surface area contributed by atoms with E-state index >= 15 is 0 Å². The Hall–Kier alpha value is -2.26. The average Bonchev–Trinajstić information content (AvgIpc) is 2.80. The van der Waals surface area contributed by atoms with Gasteiger partial charge in [-0.05, 0) is 50.1 Å². The molecule has 1 aliphatic heterocycles. The fourth-order valence-corrected chi connectivity index (χ4v) is 3.27. The predicted molar refractivity (Wildman–Crippen MR) is 91.4 cm³/mol. The first-order valence-electron chi connectivity index (χ1n) is 6.23. The minimum absolute atomic E-state index is 0.0147. The Balaban J connectivity index is 2.13. The molecule has 9 heteroatoms. The lowest BCUT2D eigenvalue weighted by atomic mass is 10.1. The second-order valence-electron chi connectivity index (χ2n) is 4.66. The molecule has 0 aromatic heterocycles. The van der Waals surface area contributed by atoms with E-state index in [0.29, 0.717) is 25.9 Å². The number of nitrogens with one attached hydrogen (secondary N) is 1. The highest BCUT2D eigenvalue weighted by atomic mass is 79.9. The van der Waals surface area contributed by atoms with E-state index in [2.05, 4.69) is 42.2 Å². The van der Waals surface area contributed by atoms with Crippen molar-refractivity contribution in [2.45, 2.75) is 0 Å². The van der Waals surface area contributed by atoms with Crippen LogP contribution in [0.4, 0.5) is 17.1 Å². The number of phenols is 1. The van der Waals surface area contributed by atoms with Crippen LogP contribution in [-0.4, -0.2) is 21.6 Å². The van der Waals surface area contributed by atoms with E-state index in [0.717, 1.165) is 0 Å². The lowest BCUT2D eigenvalue weighted by molar-refractivity contribution is -0.384. The molecular formula is C14H7Br2N3O4. The highest BCUT2D eigenvalue weighted by molar-refractivity contribution is 9.11. The van der Waals surface area contributed by atoms with Gasteiger partial charge in [0, 0.05) is 17.7 Å². The van der Waals surface area contributed by atoms with E-state index in [-0.39, 0.29) is 17.1 Å². The fourth-order valence-electron chi connectivity index (χ4n) is 2.11. The Morgan fingerprint density at radius 1 is 1.17 bits per heavy atom. The molecule has 2 aromatic rings. The van der Waals surface area contributed by atoms with Crippen LogP contribution < -0.4 is 5.32 Å². The number of hydrogen-bond acceptors (Lipinski definition) is 5. The third kappa shape index (κ3) is 2.84. The summed E-state index contributed by atoms with van der Waals surface area (Å²) in [4.78, 5) is 26.7. The molecule has 1 aliphatic rings. The monoisotopic (exact) mass is 439 g/mol.